The van der Waals surface area contributed by atoms with Gasteiger partial charge < -0.3 is 33.2 Å². The number of benzene rings is 3. The fraction of sp³-hybridized carbons (Fsp3) is 0.538. The summed E-state index contributed by atoms with van der Waals surface area (Å²) in [4.78, 5) is 0. The first kappa shape index (κ1) is 35.9. The molecule has 2 aliphatic heterocycles. The van der Waals surface area contributed by atoms with Gasteiger partial charge in [0.05, 0.1) is 33.0 Å². The molecule has 0 aliphatic carbocycles. The van der Waals surface area contributed by atoms with Crippen LogP contribution in [-0.4, -0.2) is 62.4 Å². The highest BCUT2D eigenvalue weighted by Gasteiger charge is 2.72. The molecule has 8 heteroatoms. The Hall–Kier alpha value is -2.40. The van der Waals surface area contributed by atoms with Crippen LogP contribution in [0.3, 0.4) is 0 Å². The van der Waals surface area contributed by atoms with Gasteiger partial charge in [-0.1, -0.05) is 133 Å². The van der Waals surface area contributed by atoms with E-state index in [9.17, 15) is 5.11 Å². The van der Waals surface area contributed by atoms with Gasteiger partial charge in [0, 0.05) is 0 Å². The Kier molecular flexibility index (Phi) is 11.8. The molecule has 1 N–H and O–H groups in total. The predicted molar refractivity (Wildman–Crippen MR) is 186 cm³/mol. The maximum atomic E-state index is 12.6. The monoisotopic (exact) mass is 662 g/mol. The minimum Gasteiger partial charge on any atom is -0.405 e. The molecule has 2 heterocycles. The van der Waals surface area contributed by atoms with E-state index >= 15 is 0 Å². The Balaban J connectivity index is 1.51. The van der Waals surface area contributed by atoms with Gasteiger partial charge in [-0.15, -0.1) is 0 Å². The maximum absolute atomic E-state index is 12.6. The highest BCUT2D eigenvalue weighted by Crippen LogP contribution is 2.54. The summed E-state index contributed by atoms with van der Waals surface area (Å²) in [7, 11) is -2.48. The van der Waals surface area contributed by atoms with Crippen LogP contribution in [0.1, 0.15) is 65.2 Å². The molecule has 0 saturated carbocycles. The van der Waals surface area contributed by atoms with Crippen molar-refractivity contribution < 1.29 is 33.2 Å². The first-order valence-electron chi connectivity index (χ1n) is 17.1. The molecular formula is C39H54O7Si. The Bertz CT molecular complexity index is 1350. The van der Waals surface area contributed by atoms with Gasteiger partial charge >= 0.3 is 0 Å². The minimum absolute atomic E-state index is 0.0934. The van der Waals surface area contributed by atoms with Crippen molar-refractivity contribution in [3.63, 3.8) is 0 Å². The third kappa shape index (κ3) is 7.60. The number of ether oxygens (including phenoxy) is 5. The molecule has 5 rings (SSSR count). The lowest BCUT2D eigenvalue weighted by Gasteiger charge is -2.49. The largest absolute Gasteiger partial charge is 0.405 e. The zero-order chi connectivity index (χ0) is 33.7. The van der Waals surface area contributed by atoms with Gasteiger partial charge in [-0.05, 0) is 40.2 Å². The third-order valence-electron chi connectivity index (χ3n) is 10.0. The molecule has 47 heavy (non-hydrogen) atoms. The van der Waals surface area contributed by atoms with E-state index < -0.39 is 44.1 Å². The van der Waals surface area contributed by atoms with Gasteiger partial charge in [0.2, 0.25) is 8.32 Å². The molecule has 2 saturated heterocycles. The smallest absolute Gasteiger partial charge is 0.201 e. The second-order valence-corrected chi connectivity index (χ2v) is 19.6. The van der Waals surface area contributed by atoms with Crippen molar-refractivity contribution in [1.82, 2.24) is 0 Å². The highest BCUT2D eigenvalue weighted by molar-refractivity contribution is 6.77. The molecule has 0 unspecified atom stereocenters. The maximum Gasteiger partial charge on any atom is 0.201 e. The van der Waals surface area contributed by atoms with Crippen LogP contribution in [0.4, 0.5) is 0 Å². The molecule has 7 nitrogen and oxygen atoms in total. The molecule has 256 valence electrons. The van der Waals surface area contributed by atoms with Crippen molar-refractivity contribution >= 4 is 8.32 Å². The van der Waals surface area contributed by atoms with Crippen LogP contribution in [0.15, 0.2) is 91.0 Å². The summed E-state index contributed by atoms with van der Waals surface area (Å²) in [6.45, 7) is 16.8. The average Bonchev–Trinajstić information content (AvgIpc) is 3.22. The molecule has 6 atom stereocenters. The predicted octanol–water partition coefficient (Wildman–Crippen LogP) is 7.81. The second-order valence-electron chi connectivity index (χ2n) is 14.2. The first-order chi connectivity index (χ1) is 22.5. The Morgan fingerprint density at radius 2 is 1.15 bits per heavy atom. The molecule has 0 spiro atoms. The Morgan fingerprint density at radius 3 is 1.64 bits per heavy atom. The highest BCUT2D eigenvalue weighted by atomic mass is 28.4. The fourth-order valence-electron chi connectivity index (χ4n) is 7.93. The van der Waals surface area contributed by atoms with Crippen LogP contribution in [0, 0.1) is 0 Å². The van der Waals surface area contributed by atoms with E-state index in [1.54, 1.807) is 0 Å². The lowest BCUT2D eigenvalue weighted by molar-refractivity contribution is -0.372. The number of rotatable bonds is 16. The van der Waals surface area contributed by atoms with E-state index in [2.05, 4.69) is 41.5 Å². The van der Waals surface area contributed by atoms with Crippen LogP contribution in [0.25, 0.3) is 0 Å². The van der Waals surface area contributed by atoms with E-state index in [1.165, 1.54) is 0 Å². The van der Waals surface area contributed by atoms with Crippen molar-refractivity contribution in [1.29, 1.82) is 0 Å². The third-order valence-corrected chi connectivity index (χ3v) is 16.1. The number of aliphatic hydroxyl groups excluding tert-OH is 1. The van der Waals surface area contributed by atoms with Gasteiger partial charge in [0.15, 0.2) is 11.4 Å². The normalized spacial score (nSPS) is 27.6. The molecule has 0 aromatic heterocycles. The topological polar surface area (TPSA) is 75.6 Å². The van der Waals surface area contributed by atoms with Crippen LogP contribution in [0.5, 0.6) is 0 Å². The van der Waals surface area contributed by atoms with Gasteiger partial charge in [-0.2, -0.15) is 0 Å². The van der Waals surface area contributed by atoms with E-state index in [4.69, 9.17) is 28.1 Å². The molecule has 2 aliphatic rings. The molecule has 3 aromatic rings. The van der Waals surface area contributed by atoms with E-state index in [0.29, 0.717) is 36.4 Å². The molecular weight excluding hydrogens is 609 g/mol. The second kappa shape index (κ2) is 15.4. The van der Waals surface area contributed by atoms with Crippen molar-refractivity contribution in [3.05, 3.63) is 108 Å². The fourth-order valence-corrected chi connectivity index (χ4v) is 13.5. The van der Waals surface area contributed by atoms with E-state index in [-0.39, 0.29) is 13.2 Å². The summed E-state index contributed by atoms with van der Waals surface area (Å²) >= 11 is 0. The SMILES string of the molecule is CC(C)[Si](O[C@@H]1[C@@H](O)[C@@]2(COCc3ccccc3)O[C@]1(C)O[C@H](COCc1ccccc1)[C@@H]2OCc1ccccc1)(C(C)C)C(C)C. The quantitative estimate of drug-likeness (QED) is 0.157. The zero-order valence-electron chi connectivity index (χ0n) is 29.1. The summed E-state index contributed by atoms with van der Waals surface area (Å²) in [6.07, 6.45) is -3.09. The molecule has 2 fully saturated rings. The van der Waals surface area contributed by atoms with Gasteiger partial charge in [0.1, 0.15) is 24.4 Å². The van der Waals surface area contributed by atoms with Crippen LogP contribution < -0.4 is 0 Å². The summed E-state index contributed by atoms with van der Waals surface area (Å²) < 4.78 is 40.6. The minimum atomic E-state index is -2.48. The number of hydrogen-bond donors (Lipinski definition) is 1. The molecule has 2 bridgehead atoms. The van der Waals surface area contributed by atoms with Crippen molar-refractivity contribution in [2.24, 2.45) is 0 Å². The van der Waals surface area contributed by atoms with Gasteiger partial charge in [-0.25, -0.2) is 0 Å². The first-order valence-corrected chi connectivity index (χ1v) is 19.3. The summed E-state index contributed by atoms with van der Waals surface area (Å²) in [5, 5.41) is 12.6. The van der Waals surface area contributed by atoms with Gasteiger partial charge in [-0.3, -0.25) is 0 Å². The van der Waals surface area contributed by atoms with Crippen molar-refractivity contribution in [2.75, 3.05) is 13.2 Å². The summed E-state index contributed by atoms with van der Waals surface area (Å²) in [5.74, 6) is -1.25. The molecule has 0 amide bonds. The van der Waals surface area contributed by atoms with Crippen molar-refractivity contribution in [2.45, 2.75) is 121 Å². The van der Waals surface area contributed by atoms with E-state index in [1.807, 2.05) is 97.9 Å². The molecule has 0 radical (unpaired) electrons. The standard InChI is InChI=1S/C39H54O7Si/c1-28(2)47(29(3)4,30(5)6)45-37-35(40)39(27-42-24-32-19-13-9-14-20-32)36(43-25-33-21-15-10-16-22-33)34(44-38(37,7)46-39)26-41-23-31-17-11-8-12-18-31/h8-22,28-30,34-37,40H,23-27H2,1-7H3/t34-,35-,36+,37-,38+,39-/m1/s1. The summed E-state index contributed by atoms with van der Waals surface area (Å²) in [6, 6.07) is 30.1. The van der Waals surface area contributed by atoms with Crippen LogP contribution in [-0.2, 0) is 47.9 Å². The number of fused-ring (bicyclic) bond motifs is 2. The molecule has 3 aromatic carbocycles. The zero-order valence-corrected chi connectivity index (χ0v) is 30.1. The summed E-state index contributed by atoms with van der Waals surface area (Å²) in [5.41, 5.74) is 2.76. The average molecular weight is 663 g/mol. The Morgan fingerprint density at radius 1 is 0.681 bits per heavy atom. The lowest BCUT2D eigenvalue weighted by Crippen LogP contribution is -2.64. The lowest BCUT2D eigenvalue weighted by atomic mass is 9.87. The Labute approximate surface area is 282 Å². The number of aliphatic hydroxyl groups is 1. The van der Waals surface area contributed by atoms with E-state index in [0.717, 1.165) is 16.7 Å². The van der Waals surface area contributed by atoms with Crippen LogP contribution in [0.2, 0.25) is 16.6 Å². The number of hydrogen-bond acceptors (Lipinski definition) is 7. The van der Waals surface area contributed by atoms with Crippen molar-refractivity contribution in [3.8, 4) is 0 Å². The van der Waals surface area contributed by atoms with Crippen LogP contribution >= 0.6 is 0 Å². The van der Waals surface area contributed by atoms with Gasteiger partial charge in [0.25, 0.3) is 0 Å².